The summed E-state index contributed by atoms with van der Waals surface area (Å²) in [5.41, 5.74) is 2.87. The minimum atomic E-state index is -0.210. The molecule has 7 heteroatoms. The Kier molecular flexibility index (Phi) is 6.73. The second kappa shape index (κ2) is 9.04. The number of anilines is 1. The van der Waals surface area contributed by atoms with Crippen LogP contribution in [0.1, 0.15) is 25.0 Å². The van der Waals surface area contributed by atoms with Crippen LogP contribution in [0.25, 0.3) is 6.08 Å². The lowest BCUT2D eigenvalue weighted by Gasteiger charge is -2.13. The Balaban J connectivity index is 1.73. The monoisotopic (exact) mass is 466 g/mol. The Morgan fingerprint density at radius 2 is 2.04 bits per heavy atom. The van der Waals surface area contributed by atoms with Gasteiger partial charge in [-0.05, 0) is 70.7 Å². The number of carbonyl (C=O) groups excluding carboxylic acids is 1. The first-order valence-corrected chi connectivity index (χ1v) is 10.7. The number of amides is 1. The quantitative estimate of drug-likeness (QED) is 0.538. The van der Waals surface area contributed by atoms with Crippen LogP contribution in [-0.4, -0.2) is 18.0 Å². The molecule has 0 saturated carbocycles. The Hall–Kier alpha value is -1.63. The molecule has 1 aliphatic rings. The van der Waals surface area contributed by atoms with Gasteiger partial charge in [0.2, 0.25) is 0 Å². The molecule has 142 valence electrons. The number of hydrogen-bond acceptors (Lipinski definition) is 4. The summed E-state index contributed by atoms with van der Waals surface area (Å²) in [6.07, 6.45) is 2.83. The number of halogens is 2. The van der Waals surface area contributed by atoms with Gasteiger partial charge in [-0.3, -0.25) is 4.79 Å². The predicted octanol–water partition coefficient (Wildman–Crippen LogP) is 5.66. The third-order valence-corrected chi connectivity index (χ3v) is 5.90. The molecule has 1 saturated heterocycles. The number of rotatable bonds is 6. The molecule has 3 rings (SSSR count). The zero-order valence-electron chi connectivity index (χ0n) is 15.0. The van der Waals surface area contributed by atoms with Gasteiger partial charge in [0.1, 0.15) is 0 Å². The molecule has 0 aliphatic carbocycles. The lowest BCUT2D eigenvalue weighted by molar-refractivity contribution is -0.116. The maximum Gasteiger partial charge on any atom is 0.260 e. The van der Waals surface area contributed by atoms with Gasteiger partial charge in [0.15, 0.2) is 11.2 Å². The van der Waals surface area contributed by atoms with Crippen molar-refractivity contribution in [1.29, 1.82) is 0 Å². The lowest BCUT2D eigenvalue weighted by Crippen LogP contribution is -2.30. The summed E-state index contributed by atoms with van der Waals surface area (Å²) in [5.74, 6) is 0.503. The van der Waals surface area contributed by atoms with E-state index in [4.69, 9.17) is 16.3 Å². The van der Waals surface area contributed by atoms with Crippen LogP contribution in [0.15, 0.2) is 45.8 Å². The van der Waals surface area contributed by atoms with E-state index in [1.165, 1.54) is 17.3 Å². The highest BCUT2D eigenvalue weighted by Crippen LogP contribution is 2.37. The van der Waals surface area contributed by atoms with E-state index in [0.29, 0.717) is 22.3 Å². The summed E-state index contributed by atoms with van der Waals surface area (Å²) in [7, 11) is 0. The van der Waals surface area contributed by atoms with Crippen molar-refractivity contribution >= 4 is 57.0 Å². The molecule has 2 aromatic carbocycles. The van der Waals surface area contributed by atoms with Crippen molar-refractivity contribution in [1.82, 2.24) is 5.32 Å². The molecule has 1 fully saturated rings. The second-order valence-corrected chi connectivity index (χ2v) is 8.33. The van der Waals surface area contributed by atoms with E-state index in [-0.39, 0.29) is 11.4 Å². The van der Waals surface area contributed by atoms with Crippen molar-refractivity contribution in [2.45, 2.75) is 25.8 Å². The summed E-state index contributed by atoms with van der Waals surface area (Å²) in [6.45, 7) is 4.56. The largest absolute Gasteiger partial charge is 0.491 e. The van der Waals surface area contributed by atoms with Crippen molar-refractivity contribution in [3.63, 3.8) is 0 Å². The van der Waals surface area contributed by atoms with E-state index in [2.05, 4.69) is 45.6 Å². The number of aryl methyl sites for hydroxylation is 1. The van der Waals surface area contributed by atoms with Crippen LogP contribution in [0.3, 0.4) is 0 Å². The minimum absolute atomic E-state index is 0.108. The highest BCUT2D eigenvalue weighted by atomic mass is 79.9. The fourth-order valence-corrected chi connectivity index (χ4v) is 4.62. The van der Waals surface area contributed by atoms with Crippen molar-refractivity contribution in [2.24, 2.45) is 0 Å². The van der Waals surface area contributed by atoms with Crippen LogP contribution < -0.4 is 15.4 Å². The van der Waals surface area contributed by atoms with Gasteiger partial charge in [-0.15, -0.1) is 0 Å². The summed E-state index contributed by atoms with van der Waals surface area (Å²) < 4.78 is 6.28. The highest BCUT2D eigenvalue weighted by Gasteiger charge is 2.27. The SMILES string of the molecule is CCOc1c(Cl)cc(/C=C2\S[C@@H](Nc3ccc(CC)cc3)NC2=O)cc1Br. The van der Waals surface area contributed by atoms with E-state index in [0.717, 1.165) is 22.1 Å². The minimum Gasteiger partial charge on any atom is -0.491 e. The Labute approximate surface area is 176 Å². The van der Waals surface area contributed by atoms with Crippen molar-refractivity contribution in [3.05, 3.63) is 61.9 Å². The van der Waals surface area contributed by atoms with Crippen LogP contribution in [-0.2, 0) is 11.2 Å². The number of hydrogen-bond donors (Lipinski definition) is 2. The van der Waals surface area contributed by atoms with Gasteiger partial charge in [0, 0.05) is 5.69 Å². The van der Waals surface area contributed by atoms with Crippen molar-refractivity contribution < 1.29 is 9.53 Å². The Morgan fingerprint density at radius 3 is 2.67 bits per heavy atom. The molecule has 27 heavy (non-hydrogen) atoms. The molecule has 1 atom stereocenters. The topological polar surface area (TPSA) is 50.4 Å². The smallest absolute Gasteiger partial charge is 0.260 e. The molecule has 2 N–H and O–H groups in total. The average molecular weight is 468 g/mol. The van der Waals surface area contributed by atoms with Gasteiger partial charge >= 0.3 is 0 Å². The van der Waals surface area contributed by atoms with Gasteiger partial charge in [0.05, 0.1) is 21.0 Å². The van der Waals surface area contributed by atoms with E-state index in [1.54, 1.807) is 6.07 Å². The molecule has 0 radical (unpaired) electrons. The molecule has 1 heterocycles. The average Bonchev–Trinajstić information content (AvgIpc) is 2.98. The van der Waals surface area contributed by atoms with Crippen LogP contribution >= 0.6 is 39.3 Å². The van der Waals surface area contributed by atoms with E-state index in [9.17, 15) is 4.79 Å². The number of carbonyl (C=O) groups is 1. The first-order chi connectivity index (χ1) is 13.0. The molecule has 2 aromatic rings. The Bertz CT molecular complexity index is 848. The van der Waals surface area contributed by atoms with Crippen molar-refractivity contribution in [3.8, 4) is 5.75 Å². The summed E-state index contributed by atoms with van der Waals surface area (Å²) >= 11 is 11.2. The zero-order chi connectivity index (χ0) is 19.4. The number of nitrogens with one attached hydrogen (secondary N) is 2. The highest BCUT2D eigenvalue weighted by molar-refractivity contribution is 9.10. The van der Waals surface area contributed by atoms with Gasteiger partial charge in [-0.2, -0.15) is 0 Å². The molecule has 0 unspecified atom stereocenters. The molecular formula is C20H20BrClN2O2S. The first-order valence-electron chi connectivity index (χ1n) is 8.66. The van der Waals surface area contributed by atoms with Gasteiger partial charge in [0.25, 0.3) is 5.91 Å². The van der Waals surface area contributed by atoms with Crippen molar-refractivity contribution in [2.75, 3.05) is 11.9 Å². The summed E-state index contributed by atoms with van der Waals surface area (Å²) in [6, 6.07) is 11.9. The fourth-order valence-electron chi connectivity index (χ4n) is 2.65. The lowest BCUT2D eigenvalue weighted by atomic mass is 10.1. The van der Waals surface area contributed by atoms with Gasteiger partial charge in [-0.1, -0.05) is 42.4 Å². The second-order valence-electron chi connectivity index (χ2n) is 5.92. The number of thioether (sulfide) groups is 1. The fraction of sp³-hybridized carbons (Fsp3) is 0.250. The summed E-state index contributed by atoms with van der Waals surface area (Å²) in [4.78, 5) is 12.9. The van der Waals surface area contributed by atoms with Gasteiger partial charge in [-0.25, -0.2) is 0 Å². The number of ether oxygens (including phenoxy) is 1. The van der Waals surface area contributed by atoms with E-state index < -0.39 is 0 Å². The standard InChI is InChI=1S/C20H20BrClN2O2S/c1-3-12-5-7-14(8-6-12)23-20-24-19(25)17(27-20)11-13-9-15(21)18(26-4-2)16(22)10-13/h5-11,20,23H,3-4H2,1-2H3,(H,24,25)/b17-11-/t20-/m0/s1. The van der Waals surface area contributed by atoms with E-state index in [1.807, 2.05) is 31.2 Å². The predicted molar refractivity (Wildman–Crippen MR) is 117 cm³/mol. The number of benzene rings is 2. The maximum absolute atomic E-state index is 12.3. The van der Waals surface area contributed by atoms with Crippen LogP contribution in [0.4, 0.5) is 5.69 Å². The Morgan fingerprint density at radius 1 is 1.30 bits per heavy atom. The van der Waals surface area contributed by atoms with E-state index >= 15 is 0 Å². The molecule has 0 spiro atoms. The zero-order valence-corrected chi connectivity index (χ0v) is 18.2. The normalized spacial score (nSPS) is 17.9. The maximum atomic E-state index is 12.3. The molecule has 4 nitrogen and oxygen atoms in total. The summed E-state index contributed by atoms with van der Waals surface area (Å²) in [5, 5.41) is 6.77. The van der Waals surface area contributed by atoms with Gasteiger partial charge < -0.3 is 15.4 Å². The van der Waals surface area contributed by atoms with Crippen LogP contribution in [0.5, 0.6) is 5.75 Å². The molecular weight excluding hydrogens is 448 g/mol. The molecule has 1 amide bonds. The molecule has 1 aliphatic heterocycles. The third kappa shape index (κ3) is 5.00. The van der Waals surface area contributed by atoms with Crippen LogP contribution in [0.2, 0.25) is 5.02 Å². The van der Waals surface area contributed by atoms with Crippen LogP contribution in [0, 0.1) is 0 Å². The first kappa shape index (κ1) is 20.1. The molecule has 0 bridgehead atoms. The molecule has 0 aromatic heterocycles. The third-order valence-electron chi connectivity index (χ3n) is 4.00.